The molecule has 0 aromatic heterocycles. The minimum atomic E-state index is -0.805. The van der Waals surface area contributed by atoms with Gasteiger partial charge in [0.15, 0.2) is 0 Å². The zero-order valence-electron chi connectivity index (χ0n) is 14.2. The Morgan fingerprint density at radius 3 is 2.04 bits per heavy atom. The van der Waals surface area contributed by atoms with Crippen molar-refractivity contribution in [3.8, 4) is 11.1 Å². The lowest BCUT2D eigenvalue weighted by Gasteiger charge is -2.33. The van der Waals surface area contributed by atoms with Gasteiger partial charge in [-0.2, -0.15) is 0 Å². The second-order valence-corrected chi connectivity index (χ2v) is 6.86. The van der Waals surface area contributed by atoms with Crippen molar-refractivity contribution in [3.05, 3.63) is 59.1 Å². The standard InChI is InChI=1S/C20H23ClN2O2/c21-19-9-7-18(8-10-19)17-5-3-16(4-6-17)2-1-11-22-12-14-23(15-13-22)20(24)25/h3-10H,1-2,11-15H2,(H,24,25). The van der Waals surface area contributed by atoms with Crippen LogP contribution in [0.25, 0.3) is 11.1 Å². The van der Waals surface area contributed by atoms with Crippen LogP contribution in [-0.4, -0.2) is 53.7 Å². The Hall–Kier alpha value is -2.04. The van der Waals surface area contributed by atoms with Crippen LogP contribution in [-0.2, 0) is 6.42 Å². The number of hydrogen-bond acceptors (Lipinski definition) is 2. The molecule has 25 heavy (non-hydrogen) atoms. The van der Waals surface area contributed by atoms with E-state index in [0.717, 1.165) is 37.5 Å². The molecule has 0 aliphatic carbocycles. The lowest BCUT2D eigenvalue weighted by Crippen LogP contribution is -2.48. The second-order valence-electron chi connectivity index (χ2n) is 6.42. The highest BCUT2D eigenvalue weighted by atomic mass is 35.5. The quantitative estimate of drug-likeness (QED) is 0.869. The number of hydrogen-bond donors (Lipinski definition) is 1. The van der Waals surface area contributed by atoms with E-state index in [1.807, 2.05) is 24.3 Å². The molecule has 0 spiro atoms. The highest BCUT2D eigenvalue weighted by Crippen LogP contribution is 2.22. The summed E-state index contributed by atoms with van der Waals surface area (Å²) in [6.45, 7) is 3.92. The van der Waals surface area contributed by atoms with Crippen molar-refractivity contribution >= 4 is 17.7 Å². The molecule has 1 amide bonds. The van der Waals surface area contributed by atoms with Crippen molar-refractivity contribution in [2.24, 2.45) is 0 Å². The van der Waals surface area contributed by atoms with Gasteiger partial charge < -0.3 is 10.0 Å². The van der Waals surface area contributed by atoms with Crippen molar-refractivity contribution in [3.63, 3.8) is 0 Å². The average Bonchev–Trinajstić information content (AvgIpc) is 2.63. The second kappa shape index (κ2) is 8.37. The third kappa shape index (κ3) is 4.97. The summed E-state index contributed by atoms with van der Waals surface area (Å²) in [5.74, 6) is 0. The van der Waals surface area contributed by atoms with Crippen molar-refractivity contribution in [1.29, 1.82) is 0 Å². The summed E-state index contributed by atoms with van der Waals surface area (Å²) < 4.78 is 0. The van der Waals surface area contributed by atoms with Gasteiger partial charge in [-0.1, -0.05) is 48.0 Å². The fourth-order valence-electron chi connectivity index (χ4n) is 3.18. The zero-order valence-corrected chi connectivity index (χ0v) is 15.0. The molecule has 1 N–H and O–H groups in total. The minimum absolute atomic E-state index is 0.616. The normalized spacial score (nSPS) is 15.3. The first kappa shape index (κ1) is 17.8. The van der Waals surface area contributed by atoms with Gasteiger partial charge in [0.05, 0.1) is 0 Å². The number of nitrogens with zero attached hydrogens (tertiary/aromatic N) is 2. The largest absolute Gasteiger partial charge is 0.465 e. The minimum Gasteiger partial charge on any atom is -0.465 e. The Kier molecular flexibility index (Phi) is 5.95. The molecular weight excluding hydrogens is 336 g/mol. The van der Waals surface area contributed by atoms with Crippen molar-refractivity contribution in [2.45, 2.75) is 12.8 Å². The van der Waals surface area contributed by atoms with Gasteiger partial charge in [0.2, 0.25) is 0 Å². The SMILES string of the molecule is O=C(O)N1CCN(CCCc2ccc(-c3ccc(Cl)cc3)cc2)CC1. The number of aryl methyl sites for hydroxylation is 1. The number of halogens is 1. The monoisotopic (exact) mass is 358 g/mol. The molecule has 0 unspecified atom stereocenters. The van der Waals surface area contributed by atoms with Gasteiger partial charge in [0.25, 0.3) is 0 Å². The summed E-state index contributed by atoms with van der Waals surface area (Å²) in [5.41, 5.74) is 3.71. The van der Waals surface area contributed by atoms with Gasteiger partial charge in [-0.25, -0.2) is 4.79 Å². The fourth-order valence-corrected chi connectivity index (χ4v) is 3.30. The smallest absolute Gasteiger partial charge is 0.407 e. The lowest BCUT2D eigenvalue weighted by atomic mass is 10.0. The Labute approximate surface area is 153 Å². The average molecular weight is 359 g/mol. The summed E-state index contributed by atoms with van der Waals surface area (Å²) in [6, 6.07) is 16.6. The molecule has 3 rings (SSSR count). The van der Waals surface area contributed by atoms with Gasteiger partial charge in [0, 0.05) is 31.2 Å². The van der Waals surface area contributed by atoms with Crippen molar-refractivity contribution < 1.29 is 9.90 Å². The molecule has 0 radical (unpaired) electrons. The predicted molar refractivity (Wildman–Crippen MR) is 101 cm³/mol. The molecule has 5 heteroatoms. The number of piperazine rings is 1. The van der Waals surface area contributed by atoms with Crippen molar-refractivity contribution in [2.75, 3.05) is 32.7 Å². The molecule has 1 aliphatic rings. The molecule has 1 heterocycles. The van der Waals surface area contributed by atoms with Crippen LogP contribution >= 0.6 is 11.6 Å². The first-order valence-corrected chi connectivity index (χ1v) is 9.05. The molecule has 2 aromatic rings. The number of carboxylic acid groups (broad SMARTS) is 1. The van der Waals surface area contributed by atoms with Crippen LogP contribution in [0.3, 0.4) is 0 Å². The van der Waals surface area contributed by atoms with E-state index < -0.39 is 6.09 Å². The molecule has 2 aromatic carbocycles. The molecule has 1 aliphatic heterocycles. The highest BCUT2D eigenvalue weighted by molar-refractivity contribution is 6.30. The van der Waals surface area contributed by atoms with Gasteiger partial charge in [-0.15, -0.1) is 0 Å². The molecule has 0 atom stereocenters. The van der Waals surface area contributed by atoms with Gasteiger partial charge in [-0.05, 0) is 48.2 Å². The van der Waals surface area contributed by atoms with Gasteiger partial charge >= 0.3 is 6.09 Å². The van der Waals surface area contributed by atoms with Crippen molar-refractivity contribution in [1.82, 2.24) is 9.80 Å². The van der Waals surface area contributed by atoms with E-state index in [9.17, 15) is 4.79 Å². The maximum atomic E-state index is 10.9. The number of carbonyl (C=O) groups is 1. The van der Waals surface area contributed by atoms with Crippen LogP contribution < -0.4 is 0 Å². The summed E-state index contributed by atoms with van der Waals surface area (Å²) in [4.78, 5) is 14.7. The van der Waals surface area contributed by atoms with Crippen LogP contribution in [0.2, 0.25) is 5.02 Å². The van der Waals surface area contributed by atoms with E-state index in [4.69, 9.17) is 16.7 Å². The number of rotatable bonds is 5. The van der Waals surface area contributed by atoms with Crippen LogP contribution in [0.1, 0.15) is 12.0 Å². The van der Waals surface area contributed by atoms with E-state index in [2.05, 4.69) is 29.2 Å². The third-order valence-corrected chi connectivity index (χ3v) is 4.97. The van der Waals surface area contributed by atoms with Crippen LogP contribution in [0, 0.1) is 0 Å². The van der Waals surface area contributed by atoms with Crippen LogP contribution in [0.5, 0.6) is 0 Å². The summed E-state index contributed by atoms with van der Waals surface area (Å²) in [6.07, 6.45) is 1.33. The number of amides is 1. The fraction of sp³-hybridized carbons (Fsp3) is 0.350. The van der Waals surface area contributed by atoms with Gasteiger partial charge in [0.1, 0.15) is 0 Å². The Balaban J connectivity index is 1.45. The molecule has 4 nitrogen and oxygen atoms in total. The lowest BCUT2D eigenvalue weighted by molar-refractivity contribution is 0.105. The predicted octanol–water partition coefficient (Wildman–Crippen LogP) is 4.24. The van der Waals surface area contributed by atoms with Crippen LogP contribution in [0.4, 0.5) is 4.79 Å². The van der Waals surface area contributed by atoms with Gasteiger partial charge in [-0.3, -0.25) is 4.90 Å². The summed E-state index contributed by atoms with van der Waals surface area (Å²) in [5, 5.41) is 9.72. The molecular formula is C20H23ClN2O2. The van der Waals surface area contributed by atoms with E-state index in [1.54, 1.807) is 0 Å². The maximum absolute atomic E-state index is 10.9. The number of benzene rings is 2. The Morgan fingerprint density at radius 2 is 1.48 bits per heavy atom. The Morgan fingerprint density at radius 1 is 0.920 bits per heavy atom. The summed E-state index contributed by atoms with van der Waals surface area (Å²) >= 11 is 5.93. The highest BCUT2D eigenvalue weighted by Gasteiger charge is 2.19. The first-order valence-electron chi connectivity index (χ1n) is 8.67. The molecule has 0 bridgehead atoms. The molecule has 1 saturated heterocycles. The van der Waals surface area contributed by atoms with E-state index >= 15 is 0 Å². The third-order valence-electron chi connectivity index (χ3n) is 4.71. The van der Waals surface area contributed by atoms with E-state index in [0.29, 0.717) is 13.1 Å². The molecule has 0 saturated carbocycles. The maximum Gasteiger partial charge on any atom is 0.407 e. The zero-order chi connectivity index (χ0) is 17.6. The topological polar surface area (TPSA) is 43.8 Å². The summed E-state index contributed by atoms with van der Waals surface area (Å²) in [7, 11) is 0. The molecule has 1 fully saturated rings. The van der Waals surface area contributed by atoms with E-state index in [1.165, 1.54) is 21.6 Å². The van der Waals surface area contributed by atoms with Crippen LogP contribution in [0.15, 0.2) is 48.5 Å². The Bertz CT molecular complexity index is 693. The molecule has 132 valence electrons. The van der Waals surface area contributed by atoms with E-state index in [-0.39, 0.29) is 0 Å². The first-order chi connectivity index (χ1) is 12.1.